The topological polar surface area (TPSA) is 91.8 Å². The number of sulfonamides is 1. The molecule has 0 spiro atoms. The number of anilines is 1. The van der Waals surface area contributed by atoms with Crippen LogP contribution in [0.2, 0.25) is 0 Å². The van der Waals surface area contributed by atoms with E-state index in [1.165, 1.54) is 10.4 Å². The number of amides is 1. The van der Waals surface area contributed by atoms with Crippen LogP contribution in [0.25, 0.3) is 0 Å². The molecule has 182 valence electrons. The molecule has 33 heavy (non-hydrogen) atoms. The van der Waals surface area contributed by atoms with Gasteiger partial charge >= 0.3 is 0 Å². The van der Waals surface area contributed by atoms with Crippen molar-refractivity contribution in [2.45, 2.75) is 64.0 Å². The molecular weight excluding hydrogens is 460 g/mol. The highest BCUT2D eigenvalue weighted by molar-refractivity contribution is 7.89. The van der Waals surface area contributed by atoms with Crippen LogP contribution in [0.4, 0.5) is 5.69 Å². The van der Waals surface area contributed by atoms with Crippen molar-refractivity contribution >= 4 is 33.0 Å². The van der Waals surface area contributed by atoms with Crippen LogP contribution in [0.1, 0.15) is 50.7 Å². The third-order valence-electron chi connectivity index (χ3n) is 5.29. The van der Waals surface area contributed by atoms with Gasteiger partial charge in [0.2, 0.25) is 15.9 Å². The number of nitrogens with zero attached hydrogens (tertiary/aromatic N) is 3. The van der Waals surface area contributed by atoms with Gasteiger partial charge in [0.1, 0.15) is 5.75 Å². The molecule has 1 aromatic heterocycles. The van der Waals surface area contributed by atoms with Crippen LogP contribution in [0.5, 0.6) is 5.75 Å². The van der Waals surface area contributed by atoms with Crippen molar-refractivity contribution in [3.8, 4) is 5.75 Å². The van der Waals surface area contributed by atoms with E-state index in [0.717, 1.165) is 36.4 Å². The minimum Gasteiger partial charge on any atom is -0.489 e. The number of thiazole rings is 1. The van der Waals surface area contributed by atoms with Crippen molar-refractivity contribution < 1.29 is 17.9 Å². The predicted octanol–water partition coefficient (Wildman–Crippen LogP) is 3.74. The van der Waals surface area contributed by atoms with Crippen LogP contribution in [-0.2, 0) is 27.8 Å². The SMILES string of the molecule is CCc1nc(CN(C)CC(=O)Nc2cc(S(=O)(=O)N3CCCCC3)ccc2OC(C)C)cs1. The zero-order chi connectivity index (χ0) is 24.0. The molecule has 1 fully saturated rings. The Bertz CT molecular complexity index is 1050. The van der Waals surface area contributed by atoms with Crippen molar-refractivity contribution in [3.63, 3.8) is 0 Å². The Morgan fingerprint density at radius 3 is 2.64 bits per heavy atom. The molecule has 8 nitrogen and oxygen atoms in total. The maximum atomic E-state index is 13.1. The molecule has 2 aromatic rings. The minimum absolute atomic E-state index is 0.120. The van der Waals surface area contributed by atoms with Crippen molar-refractivity contribution in [1.82, 2.24) is 14.2 Å². The van der Waals surface area contributed by atoms with Gasteiger partial charge in [-0.05, 0) is 58.4 Å². The van der Waals surface area contributed by atoms with Crippen molar-refractivity contribution in [2.75, 3.05) is 32.0 Å². The highest BCUT2D eigenvalue weighted by atomic mass is 32.2. The minimum atomic E-state index is -3.62. The van der Waals surface area contributed by atoms with E-state index < -0.39 is 10.0 Å². The zero-order valence-corrected chi connectivity index (χ0v) is 21.5. The van der Waals surface area contributed by atoms with Gasteiger partial charge in [0.15, 0.2) is 0 Å². The van der Waals surface area contributed by atoms with Gasteiger partial charge < -0.3 is 10.1 Å². The molecule has 2 heterocycles. The lowest BCUT2D eigenvalue weighted by Gasteiger charge is -2.26. The Hall–Kier alpha value is -2.01. The van der Waals surface area contributed by atoms with E-state index >= 15 is 0 Å². The molecular formula is C23H34N4O4S2. The highest BCUT2D eigenvalue weighted by Gasteiger charge is 2.27. The van der Waals surface area contributed by atoms with Crippen LogP contribution in [-0.4, -0.2) is 61.3 Å². The summed E-state index contributed by atoms with van der Waals surface area (Å²) in [5, 5.41) is 5.94. The molecule has 0 saturated carbocycles. The quantitative estimate of drug-likeness (QED) is 0.541. The number of carbonyl (C=O) groups excluding carboxylic acids is 1. The Labute approximate surface area is 201 Å². The Kier molecular flexibility index (Phi) is 8.86. The van der Waals surface area contributed by atoms with Gasteiger partial charge in [0, 0.05) is 25.0 Å². The summed E-state index contributed by atoms with van der Waals surface area (Å²) < 4.78 is 33.6. The number of hydrogen-bond donors (Lipinski definition) is 1. The second-order valence-corrected chi connectivity index (χ2v) is 11.5. The highest BCUT2D eigenvalue weighted by Crippen LogP contribution is 2.31. The fourth-order valence-corrected chi connectivity index (χ4v) is 6.01. The molecule has 1 aliphatic rings. The average molecular weight is 495 g/mol. The molecule has 3 rings (SSSR count). The number of piperidine rings is 1. The number of ether oxygens (including phenoxy) is 1. The van der Waals surface area contributed by atoms with Crippen LogP contribution >= 0.6 is 11.3 Å². The Morgan fingerprint density at radius 2 is 2.00 bits per heavy atom. The summed E-state index contributed by atoms with van der Waals surface area (Å²) in [5.41, 5.74) is 1.30. The average Bonchev–Trinajstić information content (AvgIpc) is 3.22. The molecule has 0 unspecified atom stereocenters. The number of hydrogen-bond acceptors (Lipinski definition) is 7. The number of rotatable bonds is 10. The summed E-state index contributed by atoms with van der Waals surface area (Å²) in [7, 11) is -1.77. The number of aromatic nitrogens is 1. The lowest BCUT2D eigenvalue weighted by Crippen LogP contribution is -2.35. The maximum absolute atomic E-state index is 13.1. The number of aryl methyl sites for hydroxylation is 1. The molecule has 0 atom stereocenters. The smallest absolute Gasteiger partial charge is 0.243 e. The van der Waals surface area contributed by atoms with E-state index in [9.17, 15) is 13.2 Å². The maximum Gasteiger partial charge on any atom is 0.243 e. The first kappa shape index (κ1) is 25.6. The van der Waals surface area contributed by atoms with Gasteiger partial charge in [-0.1, -0.05) is 13.3 Å². The van der Waals surface area contributed by atoms with E-state index in [0.29, 0.717) is 31.1 Å². The second-order valence-electron chi connectivity index (χ2n) is 8.60. The van der Waals surface area contributed by atoms with Crippen LogP contribution < -0.4 is 10.1 Å². The fraction of sp³-hybridized carbons (Fsp3) is 0.565. The van der Waals surface area contributed by atoms with Gasteiger partial charge in [-0.2, -0.15) is 4.31 Å². The summed E-state index contributed by atoms with van der Waals surface area (Å²) in [5.74, 6) is 0.204. The summed E-state index contributed by atoms with van der Waals surface area (Å²) in [4.78, 5) is 19.4. The van der Waals surface area contributed by atoms with E-state index in [1.54, 1.807) is 23.5 Å². The molecule has 0 radical (unpaired) electrons. The van der Waals surface area contributed by atoms with Gasteiger partial charge in [-0.15, -0.1) is 11.3 Å². The summed E-state index contributed by atoms with van der Waals surface area (Å²) in [6.45, 7) is 7.58. The van der Waals surface area contributed by atoms with Crippen LogP contribution in [0, 0.1) is 0 Å². The van der Waals surface area contributed by atoms with Gasteiger partial charge in [0.25, 0.3) is 0 Å². The van der Waals surface area contributed by atoms with E-state index in [4.69, 9.17) is 4.74 Å². The van der Waals surface area contributed by atoms with E-state index in [-0.39, 0.29) is 23.5 Å². The molecule has 0 aliphatic carbocycles. The standard InChI is InChI=1S/C23H34N4O4S2/c1-5-23-24-18(16-32-23)14-26(4)15-22(28)25-20-13-19(9-10-21(20)31-17(2)3)33(29,30)27-11-7-6-8-12-27/h9-10,13,16-17H,5-8,11-12,14-15H2,1-4H3,(H,25,28). The number of nitrogens with one attached hydrogen (secondary N) is 1. The number of benzene rings is 1. The van der Waals surface area contributed by atoms with Gasteiger partial charge in [-0.3, -0.25) is 9.69 Å². The summed E-state index contributed by atoms with van der Waals surface area (Å²) in [6.07, 6.45) is 3.54. The molecule has 1 saturated heterocycles. The first-order valence-corrected chi connectivity index (χ1v) is 13.7. The van der Waals surface area contributed by atoms with Crippen molar-refractivity contribution in [2.24, 2.45) is 0 Å². The van der Waals surface area contributed by atoms with E-state index in [1.807, 2.05) is 31.2 Å². The first-order valence-electron chi connectivity index (χ1n) is 11.4. The molecule has 1 amide bonds. The lowest BCUT2D eigenvalue weighted by atomic mass is 10.2. The lowest BCUT2D eigenvalue weighted by molar-refractivity contribution is -0.117. The third kappa shape index (κ3) is 6.99. The van der Waals surface area contributed by atoms with Gasteiger partial charge in [-0.25, -0.2) is 13.4 Å². The van der Waals surface area contributed by atoms with Crippen molar-refractivity contribution in [3.05, 3.63) is 34.3 Å². The summed E-state index contributed by atoms with van der Waals surface area (Å²) in [6, 6.07) is 4.68. The molecule has 10 heteroatoms. The number of carbonyl (C=O) groups is 1. The van der Waals surface area contributed by atoms with E-state index in [2.05, 4.69) is 17.2 Å². The predicted molar refractivity (Wildman–Crippen MR) is 131 cm³/mol. The Morgan fingerprint density at radius 1 is 1.27 bits per heavy atom. The normalized spacial score (nSPS) is 15.2. The Balaban J connectivity index is 1.74. The summed E-state index contributed by atoms with van der Waals surface area (Å²) >= 11 is 1.62. The monoisotopic (exact) mass is 494 g/mol. The molecule has 0 bridgehead atoms. The molecule has 1 aliphatic heterocycles. The molecule has 1 aromatic carbocycles. The van der Waals surface area contributed by atoms with Gasteiger partial charge in [0.05, 0.1) is 33.9 Å². The van der Waals surface area contributed by atoms with Crippen LogP contribution in [0.3, 0.4) is 0 Å². The first-order chi connectivity index (χ1) is 15.7. The number of likely N-dealkylation sites (N-methyl/N-ethyl adjacent to an activating group) is 1. The molecule has 1 N–H and O–H groups in total. The third-order valence-corrected chi connectivity index (χ3v) is 8.22. The second kappa shape index (κ2) is 11.4. The zero-order valence-electron chi connectivity index (χ0n) is 19.8. The van der Waals surface area contributed by atoms with Crippen molar-refractivity contribution in [1.29, 1.82) is 0 Å². The largest absolute Gasteiger partial charge is 0.489 e. The van der Waals surface area contributed by atoms with Crippen LogP contribution in [0.15, 0.2) is 28.5 Å². The fourth-order valence-electron chi connectivity index (χ4n) is 3.73.